The van der Waals surface area contributed by atoms with Gasteiger partial charge in [0.25, 0.3) is 27.8 Å². The molecule has 2 fully saturated rings. The molecular formula is C41H47F3N8O12S. The molecule has 4 aromatic rings. The van der Waals surface area contributed by atoms with Gasteiger partial charge in [0.1, 0.15) is 29.0 Å². The summed E-state index contributed by atoms with van der Waals surface area (Å²) in [5, 5.41) is 6.17. The van der Waals surface area contributed by atoms with E-state index in [0.717, 1.165) is 54.4 Å². The first-order chi connectivity index (χ1) is 31.2. The fourth-order valence-electron chi connectivity index (χ4n) is 7.79. The fourth-order valence-corrected chi connectivity index (χ4v) is 9.08. The Morgan fingerprint density at radius 1 is 0.862 bits per heavy atom. The molecule has 4 amide bonds. The number of fused-ring (bicyclic) bond motifs is 2. The molecule has 2 aromatic carbocycles. The largest absolute Gasteiger partial charge is 0.492 e. The lowest BCUT2D eigenvalue weighted by molar-refractivity contribution is -0.140. The quantitative estimate of drug-likeness (QED) is 0.0901. The van der Waals surface area contributed by atoms with Crippen LogP contribution in [0.3, 0.4) is 0 Å². The van der Waals surface area contributed by atoms with Gasteiger partial charge in [0, 0.05) is 13.0 Å². The minimum Gasteiger partial charge on any atom is -0.492 e. The average Bonchev–Trinajstić information content (AvgIpc) is 3.80. The van der Waals surface area contributed by atoms with Crippen molar-refractivity contribution in [2.24, 2.45) is 5.92 Å². The summed E-state index contributed by atoms with van der Waals surface area (Å²) in [6.45, 7) is 4.02. The van der Waals surface area contributed by atoms with E-state index in [1.807, 2.05) is 4.72 Å². The maximum absolute atomic E-state index is 14.2. The van der Waals surface area contributed by atoms with E-state index in [1.165, 1.54) is 38.6 Å². The highest BCUT2D eigenvalue weighted by molar-refractivity contribution is 7.92. The molecule has 2 saturated heterocycles. The molecule has 0 bridgehead atoms. The van der Waals surface area contributed by atoms with Crippen LogP contribution >= 0.6 is 0 Å². The van der Waals surface area contributed by atoms with Crippen molar-refractivity contribution in [2.45, 2.75) is 55.6 Å². The van der Waals surface area contributed by atoms with E-state index in [0.29, 0.717) is 44.0 Å². The normalized spacial score (nSPS) is 17.4. The molecule has 5 heterocycles. The zero-order valence-electron chi connectivity index (χ0n) is 35.4. The Kier molecular flexibility index (Phi) is 14.7. The number of aromatic nitrogens is 4. The van der Waals surface area contributed by atoms with Gasteiger partial charge in [0.05, 0.1) is 70.1 Å². The van der Waals surface area contributed by atoms with Crippen LogP contribution in [0.15, 0.2) is 47.5 Å². The van der Waals surface area contributed by atoms with Gasteiger partial charge in [-0.25, -0.2) is 13.1 Å². The molecule has 20 nitrogen and oxygen atoms in total. The predicted octanol–water partition coefficient (Wildman–Crippen LogP) is 3.35. The van der Waals surface area contributed by atoms with Crippen LogP contribution in [0.1, 0.15) is 64.8 Å². The molecule has 2 aromatic heterocycles. The summed E-state index contributed by atoms with van der Waals surface area (Å²) in [7, 11) is -2.31. The van der Waals surface area contributed by atoms with Gasteiger partial charge >= 0.3 is 12.2 Å². The van der Waals surface area contributed by atoms with Gasteiger partial charge in [-0.2, -0.15) is 27.7 Å². The minimum absolute atomic E-state index is 0.0109. The van der Waals surface area contributed by atoms with Gasteiger partial charge in [0.2, 0.25) is 17.5 Å². The number of ether oxygens (including phenoxy) is 6. The highest BCUT2D eigenvalue weighted by Gasteiger charge is 2.45. The van der Waals surface area contributed by atoms with Crippen molar-refractivity contribution in [2.75, 3.05) is 78.2 Å². The number of nitrogens with one attached hydrogen (secondary N) is 2. The van der Waals surface area contributed by atoms with Crippen LogP contribution in [-0.4, -0.2) is 141 Å². The summed E-state index contributed by atoms with van der Waals surface area (Å²) >= 11 is 0. The summed E-state index contributed by atoms with van der Waals surface area (Å²) in [6.07, 6.45) is -0.615. The number of methoxy groups -OCH3 is 2. The van der Waals surface area contributed by atoms with Crippen LogP contribution in [0, 0.1) is 5.92 Å². The van der Waals surface area contributed by atoms with Crippen molar-refractivity contribution < 1.29 is 69.2 Å². The van der Waals surface area contributed by atoms with Crippen molar-refractivity contribution in [3.63, 3.8) is 0 Å². The smallest absolute Gasteiger partial charge is 0.417 e. The molecule has 3 aliphatic heterocycles. The average molecular weight is 933 g/mol. The number of sulfonamides is 1. The van der Waals surface area contributed by atoms with E-state index in [2.05, 4.69) is 25.3 Å². The van der Waals surface area contributed by atoms with Gasteiger partial charge < -0.3 is 33.3 Å². The van der Waals surface area contributed by atoms with Crippen LogP contribution in [0.4, 0.5) is 19.1 Å². The van der Waals surface area contributed by atoms with Crippen molar-refractivity contribution in [1.82, 2.24) is 34.7 Å². The first-order valence-electron chi connectivity index (χ1n) is 20.7. The summed E-state index contributed by atoms with van der Waals surface area (Å²) in [4.78, 5) is 59.8. The standard InChI is InChI=1S/C41H47F3N8O12S/c1-59-32-24-45-40(60-2)52-35(32)47-39(48-52)49-65(57,58)34-29(41(42,43)44)6-3-7-31(34)64-17-4-5-25-12-14-50(15-13-25)16-18-61-19-20-62-21-22-63-26-8-9-27-28(23-26)38(56)51(37(27)55)30-10-11-33(53)46-36(30)54/h3,6-9,23-25,30H,4-5,10-22H2,1-2H3,(H,48,49)(H,46,53,54). The van der Waals surface area contributed by atoms with Crippen molar-refractivity contribution >= 4 is 45.2 Å². The number of halogens is 3. The summed E-state index contributed by atoms with van der Waals surface area (Å²) in [5.74, 6) is -2.50. The summed E-state index contributed by atoms with van der Waals surface area (Å²) in [6, 6.07) is 6.30. The van der Waals surface area contributed by atoms with Crippen molar-refractivity contribution in [3.8, 4) is 23.3 Å². The monoisotopic (exact) mass is 932 g/mol. The number of nitrogens with zero attached hydrogens (tertiary/aromatic N) is 6. The first kappa shape index (κ1) is 46.9. The molecule has 65 heavy (non-hydrogen) atoms. The Bertz CT molecular complexity index is 2480. The number of likely N-dealkylation sites (tertiary alicyclic amines) is 1. The molecule has 0 spiro atoms. The molecule has 0 saturated carbocycles. The molecule has 1 unspecified atom stereocenters. The number of benzene rings is 2. The molecule has 2 N–H and O–H groups in total. The maximum atomic E-state index is 14.2. The minimum atomic E-state index is -5.02. The third-order valence-corrected chi connectivity index (χ3v) is 12.4. The van der Waals surface area contributed by atoms with E-state index >= 15 is 0 Å². The highest BCUT2D eigenvalue weighted by Crippen LogP contribution is 2.40. The molecule has 1 atom stereocenters. The lowest BCUT2D eigenvalue weighted by atomic mass is 9.92. The zero-order valence-corrected chi connectivity index (χ0v) is 36.2. The molecule has 7 rings (SSSR count). The van der Waals surface area contributed by atoms with Gasteiger partial charge in [-0.1, -0.05) is 6.07 Å². The zero-order chi connectivity index (χ0) is 46.3. The number of alkyl halides is 3. The number of hydrogen-bond donors (Lipinski definition) is 2. The van der Waals surface area contributed by atoms with Gasteiger partial charge in [-0.05, 0) is 81.4 Å². The molecule has 350 valence electrons. The van der Waals surface area contributed by atoms with Crippen LogP contribution in [0.25, 0.3) is 5.65 Å². The predicted molar refractivity (Wildman–Crippen MR) is 220 cm³/mol. The van der Waals surface area contributed by atoms with E-state index in [1.54, 1.807) is 6.07 Å². The Hall–Kier alpha value is -6.11. The Labute approximate surface area is 370 Å². The molecule has 3 aliphatic rings. The Morgan fingerprint density at radius 2 is 1.60 bits per heavy atom. The van der Waals surface area contributed by atoms with Crippen LogP contribution in [-0.2, 0) is 35.3 Å². The lowest BCUT2D eigenvalue weighted by Crippen LogP contribution is -2.54. The maximum Gasteiger partial charge on any atom is 0.417 e. The van der Waals surface area contributed by atoms with E-state index < -0.39 is 68.0 Å². The molecule has 0 radical (unpaired) electrons. The second-order valence-corrected chi connectivity index (χ2v) is 16.8. The van der Waals surface area contributed by atoms with Crippen molar-refractivity contribution in [3.05, 3.63) is 59.3 Å². The second kappa shape index (κ2) is 20.4. The molecular weight excluding hydrogens is 886 g/mol. The van der Waals surface area contributed by atoms with Crippen LogP contribution in [0.5, 0.6) is 23.3 Å². The van der Waals surface area contributed by atoms with E-state index in [4.69, 9.17) is 28.4 Å². The fraction of sp³-hybridized carbons (Fsp3) is 0.488. The number of rotatable bonds is 21. The highest BCUT2D eigenvalue weighted by atomic mass is 32.2. The number of piperidine rings is 2. The van der Waals surface area contributed by atoms with E-state index in [9.17, 15) is 40.8 Å². The van der Waals surface area contributed by atoms with Gasteiger partial charge in [-0.3, -0.25) is 29.4 Å². The number of amides is 4. The van der Waals surface area contributed by atoms with Crippen molar-refractivity contribution in [1.29, 1.82) is 0 Å². The summed E-state index contributed by atoms with van der Waals surface area (Å²) < 4.78 is 106. The van der Waals surface area contributed by atoms with Crippen LogP contribution < -0.4 is 29.0 Å². The SMILES string of the molecule is COc1cnc(OC)n2nc(NS(=O)(=O)c3c(OCCCC4CCN(CCOCCOCCOc5ccc6c(c5)C(=O)N(C5CCC(=O)NC5=O)C6=O)CC4)cccc3C(F)(F)F)nc12. The first-order valence-corrected chi connectivity index (χ1v) is 22.2. The summed E-state index contributed by atoms with van der Waals surface area (Å²) in [5.41, 5.74) is -1.10. The second-order valence-electron chi connectivity index (χ2n) is 15.2. The Morgan fingerprint density at radius 3 is 2.32 bits per heavy atom. The van der Waals surface area contributed by atoms with E-state index in [-0.39, 0.29) is 61.2 Å². The number of imide groups is 2. The molecule has 0 aliphatic carbocycles. The third kappa shape index (κ3) is 10.9. The topological polar surface area (TPSA) is 231 Å². The Balaban J connectivity index is 0.782. The lowest BCUT2D eigenvalue weighted by Gasteiger charge is -2.31. The molecule has 24 heteroatoms. The van der Waals surface area contributed by atoms with Crippen LogP contribution in [0.2, 0.25) is 0 Å². The third-order valence-electron chi connectivity index (χ3n) is 11.0. The number of carbonyl (C=O) groups excluding carboxylic acids is 4. The number of anilines is 1. The van der Waals surface area contributed by atoms with Gasteiger partial charge in [0.15, 0.2) is 5.75 Å². The van der Waals surface area contributed by atoms with Gasteiger partial charge in [-0.15, -0.1) is 5.10 Å². The number of hydrogen-bond acceptors (Lipinski definition) is 16. The number of carbonyl (C=O) groups is 4.